The van der Waals surface area contributed by atoms with Crippen LogP contribution in [0.4, 0.5) is 0 Å². The highest BCUT2D eigenvalue weighted by molar-refractivity contribution is 7.89. The van der Waals surface area contributed by atoms with Crippen LogP contribution in [0.25, 0.3) is 0 Å². The van der Waals surface area contributed by atoms with Crippen molar-refractivity contribution in [2.75, 3.05) is 7.11 Å². The van der Waals surface area contributed by atoms with E-state index in [0.717, 1.165) is 11.3 Å². The largest absolute Gasteiger partial charge is 0.472 e. The van der Waals surface area contributed by atoms with Gasteiger partial charge in [-0.1, -0.05) is 0 Å². The highest BCUT2D eigenvalue weighted by Crippen LogP contribution is 2.27. The van der Waals surface area contributed by atoms with E-state index < -0.39 is 16.0 Å². The molecule has 2 aromatic heterocycles. The van der Waals surface area contributed by atoms with Crippen LogP contribution in [0, 0.1) is 6.92 Å². The zero-order valence-corrected chi connectivity index (χ0v) is 12.5. The Labute approximate surface area is 120 Å². The Kier molecular flexibility index (Phi) is 4.26. The number of esters is 1. The van der Waals surface area contributed by atoms with Crippen LogP contribution in [0.3, 0.4) is 0 Å². The van der Waals surface area contributed by atoms with Crippen molar-refractivity contribution in [3.05, 3.63) is 40.0 Å². The Morgan fingerprint density at radius 2 is 2.25 bits per heavy atom. The van der Waals surface area contributed by atoms with Crippen molar-refractivity contribution < 1.29 is 22.4 Å². The summed E-state index contributed by atoms with van der Waals surface area (Å²) in [5, 5.41) is 1.61. The topological polar surface area (TPSA) is 85.6 Å². The molecule has 6 nitrogen and oxygen atoms in total. The lowest BCUT2D eigenvalue weighted by Gasteiger charge is -2.07. The molecular weight excluding hydrogens is 302 g/mol. The van der Waals surface area contributed by atoms with E-state index in [2.05, 4.69) is 9.46 Å². The van der Waals surface area contributed by atoms with Crippen LogP contribution in [-0.4, -0.2) is 21.5 Å². The van der Waals surface area contributed by atoms with Crippen LogP contribution in [0.15, 0.2) is 33.3 Å². The zero-order valence-electron chi connectivity index (χ0n) is 10.9. The van der Waals surface area contributed by atoms with E-state index >= 15 is 0 Å². The third kappa shape index (κ3) is 2.92. The first-order valence-electron chi connectivity index (χ1n) is 5.63. The SMILES string of the molecule is COC(=O)c1scc(C)c1S(=O)(=O)NCc1ccoc1. The summed E-state index contributed by atoms with van der Waals surface area (Å²) in [5.41, 5.74) is 1.20. The van der Waals surface area contributed by atoms with Gasteiger partial charge in [0.15, 0.2) is 0 Å². The first-order valence-corrected chi connectivity index (χ1v) is 7.99. The Morgan fingerprint density at radius 3 is 2.85 bits per heavy atom. The van der Waals surface area contributed by atoms with Crippen LogP contribution in [0.5, 0.6) is 0 Å². The quantitative estimate of drug-likeness (QED) is 0.852. The maximum atomic E-state index is 12.3. The summed E-state index contributed by atoms with van der Waals surface area (Å²) < 4.78 is 36.5. The van der Waals surface area contributed by atoms with E-state index in [-0.39, 0.29) is 16.3 Å². The summed E-state index contributed by atoms with van der Waals surface area (Å²) in [6.07, 6.45) is 2.91. The average molecular weight is 315 g/mol. The molecule has 2 rings (SSSR count). The van der Waals surface area contributed by atoms with Crippen LogP contribution in [0.2, 0.25) is 0 Å². The summed E-state index contributed by atoms with van der Waals surface area (Å²) in [4.78, 5) is 11.7. The molecule has 0 spiro atoms. The molecule has 0 bridgehead atoms. The molecule has 2 heterocycles. The molecule has 0 atom stereocenters. The lowest BCUT2D eigenvalue weighted by molar-refractivity contribution is 0.0602. The number of carbonyl (C=O) groups excluding carboxylic acids is 1. The van der Waals surface area contributed by atoms with Crippen molar-refractivity contribution in [2.45, 2.75) is 18.4 Å². The fraction of sp³-hybridized carbons (Fsp3) is 0.250. The average Bonchev–Trinajstić information content (AvgIpc) is 3.04. The predicted molar refractivity (Wildman–Crippen MR) is 73.1 cm³/mol. The molecular formula is C12H13NO5S2. The van der Waals surface area contributed by atoms with Crippen molar-refractivity contribution in [3.8, 4) is 0 Å². The Morgan fingerprint density at radius 1 is 1.50 bits per heavy atom. The van der Waals surface area contributed by atoms with Crippen molar-refractivity contribution in [1.29, 1.82) is 0 Å². The Hall–Kier alpha value is -1.64. The maximum absolute atomic E-state index is 12.3. The predicted octanol–water partition coefficient (Wildman–Crippen LogP) is 1.91. The number of aryl methyl sites for hydroxylation is 1. The van der Waals surface area contributed by atoms with E-state index in [0.29, 0.717) is 11.1 Å². The smallest absolute Gasteiger partial charge is 0.349 e. The van der Waals surface area contributed by atoms with Gasteiger partial charge in [-0.15, -0.1) is 11.3 Å². The van der Waals surface area contributed by atoms with Gasteiger partial charge in [-0.2, -0.15) is 0 Å². The second-order valence-corrected chi connectivity index (χ2v) is 6.61. The van der Waals surface area contributed by atoms with Crippen LogP contribution >= 0.6 is 11.3 Å². The molecule has 0 aliphatic heterocycles. The van der Waals surface area contributed by atoms with Gasteiger partial charge in [-0.25, -0.2) is 17.9 Å². The molecule has 0 fully saturated rings. The number of carbonyl (C=O) groups is 1. The lowest BCUT2D eigenvalue weighted by atomic mass is 10.3. The highest BCUT2D eigenvalue weighted by Gasteiger charge is 2.27. The third-order valence-electron chi connectivity index (χ3n) is 2.60. The number of methoxy groups -OCH3 is 1. The van der Waals surface area contributed by atoms with E-state index in [4.69, 9.17) is 4.42 Å². The van der Waals surface area contributed by atoms with Crippen molar-refractivity contribution in [1.82, 2.24) is 4.72 Å². The van der Waals surface area contributed by atoms with E-state index in [9.17, 15) is 13.2 Å². The molecule has 0 unspecified atom stereocenters. The van der Waals surface area contributed by atoms with Gasteiger partial charge in [-0.05, 0) is 23.9 Å². The van der Waals surface area contributed by atoms with E-state index in [1.165, 1.54) is 19.6 Å². The molecule has 0 amide bonds. The summed E-state index contributed by atoms with van der Waals surface area (Å²) >= 11 is 1.05. The molecule has 0 aliphatic carbocycles. The monoisotopic (exact) mass is 315 g/mol. The van der Waals surface area contributed by atoms with Gasteiger partial charge >= 0.3 is 5.97 Å². The van der Waals surface area contributed by atoms with Gasteiger partial charge < -0.3 is 9.15 Å². The number of thiophene rings is 1. The molecule has 8 heteroatoms. The van der Waals surface area contributed by atoms with Crippen molar-refractivity contribution >= 4 is 27.3 Å². The number of rotatable bonds is 5. The molecule has 0 saturated heterocycles. The number of furan rings is 1. The fourth-order valence-corrected chi connectivity index (χ4v) is 4.36. The highest BCUT2D eigenvalue weighted by atomic mass is 32.2. The van der Waals surface area contributed by atoms with Crippen LogP contribution in [0.1, 0.15) is 20.8 Å². The van der Waals surface area contributed by atoms with Gasteiger partial charge in [0, 0.05) is 12.1 Å². The number of sulfonamides is 1. The van der Waals surface area contributed by atoms with Crippen LogP contribution in [-0.2, 0) is 21.3 Å². The number of nitrogens with one attached hydrogen (secondary N) is 1. The summed E-state index contributed by atoms with van der Waals surface area (Å²) in [7, 11) is -2.58. The van der Waals surface area contributed by atoms with Gasteiger partial charge in [0.25, 0.3) is 0 Å². The molecule has 0 aromatic carbocycles. The molecule has 1 N–H and O–H groups in total. The van der Waals surface area contributed by atoms with Crippen molar-refractivity contribution in [3.63, 3.8) is 0 Å². The van der Waals surface area contributed by atoms with Gasteiger partial charge in [0.1, 0.15) is 9.77 Å². The number of hydrogen-bond donors (Lipinski definition) is 1. The van der Waals surface area contributed by atoms with Gasteiger partial charge in [0.05, 0.1) is 19.6 Å². The van der Waals surface area contributed by atoms with Crippen LogP contribution < -0.4 is 4.72 Å². The second-order valence-electron chi connectivity index (χ2n) is 4.02. The lowest BCUT2D eigenvalue weighted by Crippen LogP contribution is -2.25. The molecule has 0 aliphatic rings. The van der Waals surface area contributed by atoms with Crippen molar-refractivity contribution in [2.24, 2.45) is 0 Å². The zero-order chi connectivity index (χ0) is 14.8. The van der Waals surface area contributed by atoms with Gasteiger partial charge in [-0.3, -0.25) is 0 Å². The van der Waals surface area contributed by atoms with E-state index in [1.807, 2.05) is 0 Å². The molecule has 0 saturated carbocycles. The minimum atomic E-state index is -3.79. The summed E-state index contributed by atoms with van der Waals surface area (Å²) in [5.74, 6) is -0.660. The maximum Gasteiger partial charge on any atom is 0.349 e. The normalized spacial score (nSPS) is 11.5. The third-order valence-corrected chi connectivity index (χ3v) is 5.40. The second kappa shape index (κ2) is 5.78. The number of hydrogen-bond acceptors (Lipinski definition) is 6. The summed E-state index contributed by atoms with van der Waals surface area (Å²) in [6, 6.07) is 1.66. The Bertz CT molecular complexity index is 700. The number of ether oxygens (including phenoxy) is 1. The summed E-state index contributed by atoms with van der Waals surface area (Å²) in [6.45, 7) is 1.73. The van der Waals surface area contributed by atoms with Gasteiger partial charge in [0.2, 0.25) is 10.0 Å². The molecule has 20 heavy (non-hydrogen) atoms. The van der Waals surface area contributed by atoms with E-state index in [1.54, 1.807) is 18.4 Å². The molecule has 0 radical (unpaired) electrons. The first kappa shape index (κ1) is 14.8. The first-order chi connectivity index (χ1) is 9.45. The minimum absolute atomic E-state index is 0.0298. The minimum Gasteiger partial charge on any atom is -0.472 e. The molecule has 108 valence electrons. The standard InChI is InChI=1S/C12H13NO5S2/c1-8-7-19-10(12(14)17-2)11(8)20(15,16)13-5-9-3-4-18-6-9/h3-4,6-7,13H,5H2,1-2H3. The fourth-order valence-electron chi connectivity index (χ4n) is 1.64. The Balaban J connectivity index is 2.29. The molecule has 2 aromatic rings.